The van der Waals surface area contributed by atoms with E-state index in [1.165, 1.54) is 60.6 Å². The molecule has 1 saturated carbocycles. The second-order valence-corrected chi connectivity index (χ2v) is 34.0. The van der Waals surface area contributed by atoms with Gasteiger partial charge < -0.3 is 35.2 Å². The maximum atomic E-state index is 13.6. The molecule has 1 aliphatic carbocycles. The summed E-state index contributed by atoms with van der Waals surface area (Å²) in [5.41, 5.74) is 13.8. The number of likely N-dealkylation sites (tertiary alicyclic amines) is 3. The molecule has 3 amide bonds. The van der Waals surface area contributed by atoms with E-state index in [1.54, 1.807) is 48.5 Å². The zero-order valence-electron chi connectivity index (χ0n) is 68.8. The molecule has 4 fully saturated rings. The summed E-state index contributed by atoms with van der Waals surface area (Å²) >= 11 is 30.3. The van der Waals surface area contributed by atoms with E-state index in [2.05, 4.69) is 175 Å². The fourth-order valence-corrected chi connectivity index (χ4v) is 18.4. The highest BCUT2D eigenvalue weighted by Gasteiger charge is 2.43. The first-order chi connectivity index (χ1) is 59.7. The number of piperidine rings is 3. The number of likely N-dealkylation sites (N-methyl/N-ethyl adjacent to an activating group) is 1. The monoisotopic (exact) mass is 1740 g/mol. The Balaban J connectivity index is 0.000000159. The molecule has 0 radical (unpaired) electrons. The number of nitrogens with one attached hydrogen (secondary N) is 3. The number of nitrogens with zero attached hydrogens (tertiary/aromatic N) is 7. The highest BCUT2D eigenvalue weighted by molar-refractivity contribution is 6.36. The molecule has 123 heavy (non-hydrogen) atoms. The van der Waals surface area contributed by atoms with Crippen molar-refractivity contribution in [2.24, 2.45) is 0 Å². The van der Waals surface area contributed by atoms with Gasteiger partial charge in [-0.2, -0.15) is 15.8 Å². The van der Waals surface area contributed by atoms with Gasteiger partial charge in [0.15, 0.2) is 0 Å². The van der Waals surface area contributed by atoms with Gasteiger partial charge in [-0.15, -0.1) is 0 Å². The molecule has 15 nitrogen and oxygen atoms in total. The average molecular weight is 1740 g/mol. The maximum absolute atomic E-state index is 13.6. The maximum Gasteiger partial charge on any atom is 0.250 e. The van der Waals surface area contributed by atoms with E-state index in [-0.39, 0.29) is 48.0 Å². The van der Waals surface area contributed by atoms with Crippen LogP contribution in [0.15, 0.2) is 267 Å². The van der Waals surface area contributed by atoms with E-state index in [0.29, 0.717) is 59.9 Å². The quantitative estimate of drug-likeness (QED) is 0.0466. The number of halogens is 6. The minimum atomic E-state index is -0.615. The Bertz CT molecular complexity index is 5540. The molecular weight excluding hydrogens is 1640 g/mol. The highest BCUT2D eigenvalue weighted by atomic mass is 35.5. The lowest BCUT2D eigenvalue weighted by Crippen LogP contribution is -2.54. The lowest BCUT2D eigenvalue weighted by Gasteiger charge is -2.49. The van der Waals surface area contributed by atoms with Crippen molar-refractivity contribution in [2.75, 3.05) is 95.1 Å². The lowest BCUT2D eigenvalue weighted by atomic mass is 9.78. The summed E-state index contributed by atoms with van der Waals surface area (Å²) < 4.78 is 26.6. The van der Waals surface area contributed by atoms with E-state index < -0.39 is 17.0 Å². The fourth-order valence-electron chi connectivity index (χ4n) is 17.1. The Kier molecular flexibility index (Phi) is 31.8. The standard InChI is InChI=1S/C35H33Cl2N3O2.C35H31Cl2N3O2.C32H34ClFN4O/c2*36-31-21-32(37)23-33(22-31)39-34(41)25-42-35(15-18-40(19-16-35)17-5-9-26-6-2-1-3-7-26)30-13-11-28(12-14-30)29-10-4-8-27(20-29)24-38;1-37(22-31(39)36-27-13-14-30(34)29(33)20-27)32(15-17-38(18-16-32)28-7-2-3-8-28)26-11-9-24(10-12-26)25-6-4-5-23(19-25)21-35/h1-4,6-8,10-14,20-23H,5,9,15-19,25H2,(H,39,41);1-14,20-23H,15-19,25H2,(H,39,41);4-6,9-14,19-20,28H,2-3,7-8,15-18,22H2,1H3,(H,36,39)/b;9-5+;. The number of rotatable bonds is 26. The van der Waals surface area contributed by atoms with E-state index >= 15 is 0 Å². The number of anilines is 3. The normalized spacial score (nSPS) is 15.7. The molecule has 0 bridgehead atoms. The molecule has 11 aromatic rings. The predicted molar refractivity (Wildman–Crippen MR) is 494 cm³/mol. The summed E-state index contributed by atoms with van der Waals surface area (Å²) in [5, 5.41) is 38.3. The molecule has 0 unspecified atom stereocenters. The van der Waals surface area contributed by atoms with Crippen LogP contribution in [0.4, 0.5) is 21.5 Å². The van der Waals surface area contributed by atoms with Gasteiger partial charge in [0.05, 0.1) is 57.7 Å². The molecule has 0 aromatic heterocycles. The van der Waals surface area contributed by atoms with Crippen LogP contribution in [0.1, 0.15) is 115 Å². The number of amides is 3. The van der Waals surface area contributed by atoms with Gasteiger partial charge in [0, 0.05) is 94.5 Å². The third-order valence-corrected chi connectivity index (χ3v) is 25.0. The second kappa shape index (κ2) is 43.5. The van der Waals surface area contributed by atoms with Crippen LogP contribution >= 0.6 is 58.0 Å². The Hall–Kier alpha value is -10.8. The number of hydrogen-bond donors (Lipinski definition) is 3. The molecule has 628 valence electrons. The molecule has 11 aromatic carbocycles. The zero-order valence-corrected chi connectivity index (χ0v) is 72.5. The number of aryl methyl sites for hydroxylation is 1. The average Bonchev–Trinajstić information content (AvgIpc) is 1.16. The van der Waals surface area contributed by atoms with Gasteiger partial charge in [0.2, 0.25) is 17.7 Å². The van der Waals surface area contributed by atoms with Crippen LogP contribution in [-0.2, 0) is 47.0 Å². The van der Waals surface area contributed by atoms with Crippen LogP contribution in [0.2, 0.25) is 25.1 Å². The molecule has 15 rings (SSSR count). The fraction of sp³-hybridized carbons (Fsp3) is 0.275. The molecule has 4 aliphatic rings. The summed E-state index contributed by atoms with van der Waals surface area (Å²) in [7, 11) is 2.02. The van der Waals surface area contributed by atoms with Crippen molar-refractivity contribution in [1.82, 2.24) is 19.6 Å². The number of hydrogen-bond acceptors (Lipinski definition) is 12. The summed E-state index contributed by atoms with van der Waals surface area (Å²) in [6.45, 7) is 7.28. The Labute approximate surface area is 746 Å². The molecule has 3 aliphatic heterocycles. The van der Waals surface area contributed by atoms with Crippen molar-refractivity contribution in [1.29, 1.82) is 15.8 Å². The summed E-state index contributed by atoms with van der Waals surface area (Å²) in [6, 6.07) is 90.2. The van der Waals surface area contributed by atoms with E-state index in [9.17, 15) is 34.6 Å². The van der Waals surface area contributed by atoms with Crippen molar-refractivity contribution in [2.45, 2.75) is 99.8 Å². The van der Waals surface area contributed by atoms with Crippen molar-refractivity contribution < 1.29 is 28.2 Å². The molecule has 21 heteroatoms. The first-order valence-electron chi connectivity index (χ1n) is 41.8. The van der Waals surface area contributed by atoms with Crippen LogP contribution in [0.3, 0.4) is 0 Å². The third kappa shape index (κ3) is 24.8. The third-order valence-electron chi connectivity index (χ3n) is 23.8. The molecule has 0 spiro atoms. The van der Waals surface area contributed by atoms with Crippen LogP contribution in [0.5, 0.6) is 0 Å². The number of carbonyl (C=O) groups excluding carboxylic acids is 3. The van der Waals surface area contributed by atoms with Crippen LogP contribution in [-0.4, -0.2) is 123 Å². The Morgan fingerprint density at radius 3 is 1.34 bits per heavy atom. The van der Waals surface area contributed by atoms with Gasteiger partial charge in [-0.25, -0.2) is 4.39 Å². The smallest absolute Gasteiger partial charge is 0.250 e. The van der Waals surface area contributed by atoms with Crippen LogP contribution in [0.25, 0.3) is 39.5 Å². The molecule has 0 atom stereocenters. The molecular formula is C102H98Cl5FN10O5. The Morgan fingerprint density at radius 1 is 0.463 bits per heavy atom. The minimum Gasteiger partial charge on any atom is -0.360 e. The minimum absolute atomic E-state index is 0.0164. The van der Waals surface area contributed by atoms with Crippen molar-refractivity contribution in [3.8, 4) is 51.6 Å². The largest absolute Gasteiger partial charge is 0.360 e. The second-order valence-electron chi connectivity index (χ2n) is 31.9. The van der Waals surface area contributed by atoms with Gasteiger partial charge in [-0.05, 0) is 230 Å². The number of benzene rings is 11. The summed E-state index contributed by atoms with van der Waals surface area (Å²) in [5.74, 6) is -1.21. The van der Waals surface area contributed by atoms with E-state index in [1.807, 2.05) is 92.0 Å². The highest BCUT2D eigenvalue weighted by Crippen LogP contribution is 2.44. The number of nitriles is 3. The first-order valence-corrected chi connectivity index (χ1v) is 43.7. The van der Waals surface area contributed by atoms with Gasteiger partial charge in [-0.1, -0.05) is 253 Å². The van der Waals surface area contributed by atoms with Crippen molar-refractivity contribution in [3.63, 3.8) is 0 Å². The van der Waals surface area contributed by atoms with Gasteiger partial charge >= 0.3 is 0 Å². The molecule has 3 saturated heterocycles. The summed E-state index contributed by atoms with van der Waals surface area (Å²) in [6.07, 6.45) is 16.6. The number of carbonyl (C=O) groups is 3. The van der Waals surface area contributed by atoms with E-state index in [4.69, 9.17) is 67.5 Å². The lowest BCUT2D eigenvalue weighted by molar-refractivity contribution is -0.135. The van der Waals surface area contributed by atoms with Crippen molar-refractivity contribution >= 4 is 98.9 Å². The first kappa shape index (κ1) is 89.9. The Morgan fingerprint density at radius 2 is 0.894 bits per heavy atom. The van der Waals surface area contributed by atoms with Crippen LogP contribution < -0.4 is 16.0 Å². The molecule has 3 N–H and O–H groups in total. The predicted octanol–water partition coefficient (Wildman–Crippen LogP) is 23.1. The zero-order chi connectivity index (χ0) is 86.1. The summed E-state index contributed by atoms with van der Waals surface area (Å²) in [4.78, 5) is 48.6. The topological polar surface area (TPSA) is 190 Å². The molecule has 3 heterocycles. The van der Waals surface area contributed by atoms with Gasteiger partial charge in [0.1, 0.15) is 19.0 Å². The SMILES string of the molecule is CN(CC(=O)Nc1ccc(F)c(Cl)c1)C1(c2ccc(-c3cccc(C#N)c3)cc2)CCN(C2CCCC2)CC1.N#Cc1cccc(-c2ccc(C3(OCC(=O)Nc4cc(Cl)cc(Cl)c4)CCN(C/C=C/c4ccccc4)CC3)cc2)c1.N#Cc1cccc(-c2ccc(C3(OCC(=O)Nc4cc(Cl)cc(Cl)c4)CCN(CCCc4ccccc4)CC3)cc2)c1. The van der Waals surface area contributed by atoms with E-state index in [0.717, 1.165) is 148 Å². The van der Waals surface area contributed by atoms with Gasteiger partial charge in [0.25, 0.3) is 0 Å². The number of ether oxygens (including phenoxy) is 2. The van der Waals surface area contributed by atoms with Gasteiger partial charge in [-0.3, -0.25) is 24.2 Å². The van der Waals surface area contributed by atoms with Crippen LogP contribution in [0, 0.1) is 39.8 Å². The van der Waals surface area contributed by atoms with Crippen molar-refractivity contribution in [3.05, 3.63) is 342 Å².